The number of likely N-dealkylation sites (tertiary alicyclic amines) is 1. The Morgan fingerprint density at radius 3 is 2.84 bits per heavy atom. The van der Waals surface area contributed by atoms with Crippen molar-refractivity contribution in [3.8, 4) is 11.5 Å². The first kappa shape index (κ1) is 13.7. The molecule has 2 unspecified atom stereocenters. The molecular formula is C14H19NO4. The number of rotatable bonds is 4. The van der Waals surface area contributed by atoms with Crippen molar-refractivity contribution in [3.63, 3.8) is 0 Å². The number of ether oxygens (including phenoxy) is 1. The molecule has 1 aromatic rings. The van der Waals surface area contributed by atoms with Crippen LogP contribution >= 0.6 is 0 Å². The lowest BCUT2D eigenvalue weighted by Crippen LogP contribution is -2.26. The topological polar surface area (TPSA) is 70.0 Å². The number of phenols is 1. The van der Waals surface area contributed by atoms with E-state index >= 15 is 0 Å². The zero-order valence-electron chi connectivity index (χ0n) is 11.2. The van der Waals surface area contributed by atoms with Gasteiger partial charge in [-0.05, 0) is 38.1 Å². The number of hydrogen-bond acceptors (Lipinski definition) is 4. The maximum absolute atomic E-state index is 11.0. The normalized spacial score (nSPS) is 21.3. The number of phenolic OH excluding ortho intramolecular Hbond substituents is 1. The maximum Gasteiger partial charge on any atom is 0.307 e. The summed E-state index contributed by atoms with van der Waals surface area (Å²) in [7, 11) is 1.58. The third-order valence-electron chi connectivity index (χ3n) is 3.80. The van der Waals surface area contributed by atoms with Crippen molar-refractivity contribution in [1.82, 2.24) is 4.90 Å². The molecule has 2 rings (SSSR count). The highest BCUT2D eigenvalue weighted by Gasteiger charge is 2.31. The van der Waals surface area contributed by atoms with E-state index in [1.807, 2.05) is 6.92 Å². The Balaban J connectivity index is 2.16. The monoisotopic (exact) mass is 265 g/mol. The number of methoxy groups -OCH3 is 1. The van der Waals surface area contributed by atoms with E-state index in [1.165, 1.54) is 0 Å². The zero-order chi connectivity index (χ0) is 14.0. The summed E-state index contributed by atoms with van der Waals surface area (Å²) >= 11 is 0. The average molecular weight is 265 g/mol. The van der Waals surface area contributed by atoms with Gasteiger partial charge in [-0.3, -0.25) is 9.69 Å². The van der Waals surface area contributed by atoms with Gasteiger partial charge in [-0.25, -0.2) is 0 Å². The third-order valence-corrected chi connectivity index (χ3v) is 3.80. The minimum atomic E-state index is -0.746. The highest BCUT2D eigenvalue weighted by Crippen LogP contribution is 2.34. The molecule has 0 amide bonds. The Hall–Kier alpha value is -1.75. The molecule has 0 bridgehead atoms. The van der Waals surface area contributed by atoms with Crippen molar-refractivity contribution in [2.24, 2.45) is 5.92 Å². The minimum absolute atomic E-state index is 0.0283. The second kappa shape index (κ2) is 5.48. The van der Waals surface area contributed by atoms with Gasteiger partial charge in [0.1, 0.15) is 11.5 Å². The predicted molar refractivity (Wildman–Crippen MR) is 70.4 cm³/mol. The van der Waals surface area contributed by atoms with E-state index in [4.69, 9.17) is 9.84 Å². The van der Waals surface area contributed by atoms with Crippen molar-refractivity contribution in [3.05, 3.63) is 23.8 Å². The molecule has 0 aliphatic carbocycles. The first-order valence-corrected chi connectivity index (χ1v) is 6.36. The first-order chi connectivity index (χ1) is 9.02. The number of carbonyl (C=O) groups is 1. The Kier molecular flexibility index (Phi) is 3.95. The van der Waals surface area contributed by atoms with Crippen molar-refractivity contribution in [1.29, 1.82) is 0 Å². The van der Waals surface area contributed by atoms with Crippen LogP contribution in [0.4, 0.5) is 0 Å². The lowest BCUT2D eigenvalue weighted by Gasteiger charge is -2.25. The standard InChI is InChI=1S/C14H19NO4/c1-9(15-6-5-10(8-15)14(17)18)12-7-11(19-2)3-4-13(12)16/h3-4,7,9-10,16H,5-6,8H2,1-2H3,(H,17,18). The Morgan fingerprint density at radius 2 is 2.26 bits per heavy atom. The number of aromatic hydroxyl groups is 1. The highest BCUT2D eigenvalue weighted by atomic mass is 16.5. The van der Waals surface area contributed by atoms with E-state index in [1.54, 1.807) is 25.3 Å². The molecule has 5 nitrogen and oxygen atoms in total. The number of hydrogen-bond donors (Lipinski definition) is 2. The first-order valence-electron chi connectivity index (χ1n) is 6.36. The van der Waals surface area contributed by atoms with Crippen LogP contribution in [0.5, 0.6) is 11.5 Å². The summed E-state index contributed by atoms with van der Waals surface area (Å²) in [4.78, 5) is 13.1. The largest absolute Gasteiger partial charge is 0.508 e. The van der Waals surface area contributed by atoms with Gasteiger partial charge >= 0.3 is 5.97 Å². The van der Waals surface area contributed by atoms with Gasteiger partial charge in [-0.1, -0.05) is 0 Å². The third kappa shape index (κ3) is 2.81. The summed E-state index contributed by atoms with van der Waals surface area (Å²) in [5, 5.41) is 19.0. The zero-order valence-corrected chi connectivity index (χ0v) is 11.2. The number of carboxylic acids is 1. The number of aliphatic carboxylic acids is 1. The molecule has 5 heteroatoms. The second-order valence-corrected chi connectivity index (χ2v) is 4.92. The molecule has 19 heavy (non-hydrogen) atoms. The average Bonchev–Trinajstić information content (AvgIpc) is 2.88. The summed E-state index contributed by atoms with van der Waals surface area (Å²) in [6.45, 7) is 3.22. The van der Waals surface area contributed by atoms with Crippen LogP contribution in [-0.4, -0.2) is 41.3 Å². The molecule has 1 heterocycles. The van der Waals surface area contributed by atoms with Crippen LogP contribution in [0.1, 0.15) is 24.9 Å². The van der Waals surface area contributed by atoms with Gasteiger partial charge in [0.25, 0.3) is 0 Å². The van der Waals surface area contributed by atoms with E-state index in [2.05, 4.69) is 4.90 Å². The smallest absolute Gasteiger partial charge is 0.307 e. The molecule has 0 saturated carbocycles. The van der Waals surface area contributed by atoms with Crippen LogP contribution in [0.3, 0.4) is 0 Å². The van der Waals surface area contributed by atoms with Gasteiger partial charge < -0.3 is 14.9 Å². The molecule has 0 radical (unpaired) electrons. The van der Waals surface area contributed by atoms with Crippen LogP contribution in [0.25, 0.3) is 0 Å². The lowest BCUT2D eigenvalue weighted by molar-refractivity contribution is -0.141. The Bertz CT molecular complexity index is 475. The molecule has 1 saturated heterocycles. The van der Waals surface area contributed by atoms with Crippen LogP contribution < -0.4 is 4.74 Å². The van der Waals surface area contributed by atoms with Crippen molar-refractivity contribution >= 4 is 5.97 Å². The fraction of sp³-hybridized carbons (Fsp3) is 0.500. The lowest BCUT2D eigenvalue weighted by atomic mass is 10.1. The number of nitrogens with zero attached hydrogens (tertiary/aromatic N) is 1. The molecule has 104 valence electrons. The van der Waals surface area contributed by atoms with Crippen LogP contribution in [-0.2, 0) is 4.79 Å². The van der Waals surface area contributed by atoms with E-state index in [-0.39, 0.29) is 17.7 Å². The van der Waals surface area contributed by atoms with Crippen molar-refractivity contribution in [2.75, 3.05) is 20.2 Å². The second-order valence-electron chi connectivity index (χ2n) is 4.92. The molecule has 1 fully saturated rings. The Labute approximate surface area is 112 Å². The molecule has 1 aromatic carbocycles. The fourth-order valence-electron chi connectivity index (χ4n) is 2.53. The van der Waals surface area contributed by atoms with Gasteiger partial charge in [0.15, 0.2) is 0 Å². The molecule has 1 aliphatic rings. The molecule has 0 aromatic heterocycles. The number of benzene rings is 1. The van der Waals surface area contributed by atoms with Gasteiger partial charge in [-0.15, -0.1) is 0 Å². The van der Waals surface area contributed by atoms with Crippen LogP contribution in [0.2, 0.25) is 0 Å². The summed E-state index contributed by atoms with van der Waals surface area (Å²) in [6, 6.07) is 5.08. The molecule has 0 spiro atoms. The Morgan fingerprint density at radius 1 is 1.53 bits per heavy atom. The van der Waals surface area contributed by atoms with Gasteiger partial charge in [0.2, 0.25) is 0 Å². The summed E-state index contributed by atoms with van der Waals surface area (Å²) in [6.07, 6.45) is 0.657. The fourth-order valence-corrected chi connectivity index (χ4v) is 2.53. The predicted octanol–water partition coefficient (Wildman–Crippen LogP) is 1.87. The van der Waals surface area contributed by atoms with Crippen LogP contribution in [0.15, 0.2) is 18.2 Å². The molecule has 1 aliphatic heterocycles. The molecule has 2 N–H and O–H groups in total. The molecule has 2 atom stereocenters. The quantitative estimate of drug-likeness (QED) is 0.869. The van der Waals surface area contributed by atoms with Crippen LogP contribution in [0, 0.1) is 5.92 Å². The van der Waals surface area contributed by atoms with Crippen molar-refractivity contribution in [2.45, 2.75) is 19.4 Å². The highest BCUT2D eigenvalue weighted by molar-refractivity contribution is 5.70. The van der Waals surface area contributed by atoms with Gasteiger partial charge in [-0.2, -0.15) is 0 Å². The summed E-state index contributed by atoms with van der Waals surface area (Å²) in [5.74, 6) is -0.152. The minimum Gasteiger partial charge on any atom is -0.508 e. The van der Waals surface area contributed by atoms with E-state index in [9.17, 15) is 9.90 Å². The van der Waals surface area contributed by atoms with Gasteiger partial charge in [0, 0.05) is 18.2 Å². The van der Waals surface area contributed by atoms with E-state index in [0.717, 1.165) is 12.1 Å². The van der Waals surface area contributed by atoms with E-state index < -0.39 is 5.97 Å². The van der Waals surface area contributed by atoms with E-state index in [0.29, 0.717) is 18.7 Å². The summed E-state index contributed by atoms with van der Waals surface area (Å²) < 4.78 is 5.16. The number of carboxylic acid groups (broad SMARTS) is 1. The maximum atomic E-state index is 11.0. The molecular weight excluding hydrogens is 246 g/mol. The van der Waals surface area contributed by atoms with Crippen molar-refractivity contribution < 1.29 is 19.7 Å². The van der Waals surface area contributed by atoms with Gasteiger partial charge in [0.05, 0.1) is 13.0 Å². The SMILES string of the molecule is COc1ccc(O)c(C(C)N2CCC(C(=O)O)C2)c1. The summed E-state index contributed by atoms with van der Waals surface area (Å²) in [5.41, 5.74) is 0.769.